The van der Waals surface area contributed by atoms with Gasteiger partial charge in [-0.25, -0.2) is 4.79 Å². The van der Waals surface area contributed by atoms with Crippen LogP contribution in [0, 0.1) is 10.1 Å². The molecule has 0 aliphatic heterocycles. The lowest BCUT2D eigenvalue weighted by molar-refractivity contribution is -0.384. The number of benzene rings is 3. The van der Waals surface area contributed by atoms with Crippen molar-refractivity contribution in [1.29, 1.82) is 0 Å². The Balaban J connectivity index is 1.89. The molecule has 158 valence electrons. The van der Waals surface area contributed by atoms with E-state index in [1.54, 1.807) is 24.3 Å². The third-order valence-corrected chi connectivity index (χ3v) is 5.98. The van der Waals surface area contributed by atoms with Crippen molar-refractivity contribution < 1.29 is 18.9 Å². The number of carbonyl (C=O) groups is 1. The normalized spacial score (nSPS) is 16.8. The minimum Gasteiger partial charge on any atom is -0.469 e. The average molecular weight is 427 g/mol. The summed E-state index contributed by atoms with van der Waals surface area (Å²) in [5.74, 6) is -1.33. The summed E-state index contributed by atoms with van der Waals surface area (Å²) in [4.78, 5) is 36.5. The maximum atomic E-state index is 13.1. The molecule has 3 aromatic carbocycles. The van der Waals surface area contributed by atoms with Gasteiger partial charge >= 0.3 is 11.6 Å². The SMILES string of the molecule is COC(=O)C1c2ccccc2-c2oc(=O)c3ccccc3c2C1c1ccc([N+](=O)[O-])cc1. The fourth-order valence-corrected chi connectivity index (χ4v) is 4.60. The Morgan fingerprint density at radius 1 is 0.969 bits per heavy atom. The molecule has 0 bridgehead atoms. The van der Waals surface area contributed by atoms with Crippen molar-refractivity contribution in [2.75, 3.05) is 7.11 Å². The van der Waals surface area contributed by atoms with E-state index in [0.717, 1.165) is 0 Å². The summed E-state index contributed by atoms with van der Waals surface area (Å²) in [6.07, 6.45) is 0. The second kappa shape index (κ2) is 7.46. The molecule has 0 amide bonds. The molecule has 1 aliphatic carbocycles. The molecule has 2 atom stereocenters. The Hall–Kier alpha value is -4.26. The molecule has 0 radical (unpaired) electrons. The van der Waals surface area contributed by atoms with Crippen LogP contribution >= 0.6 is 0 Å². The first-order valence-electron chi connectivity index (χ1n) is 9.98. The molecule has 0 saturated heterocycles. The van der Waals surface area contributed by atoms with Gasteiger partial charge < -0.3 is 9.15 Å². The quantitative estimate of drug-likeness (QED) is 0.265. The maximum absolute atomic E-state index is 13.1. The predicted molar refractivity (Wildman–Crippen MR) is 118 cm³/mol. The zero-order valence-corrected chi connectivity index (χ0v) is 17.0. The second-order valence-corrected chi connectivity index (χ2v) is 7.59. The van der Waals surface area contributed by atoms with Crippen molar-refractivity contribution in [3.8, 4) is 11.3 Å². The number of nitrogens with zero attached hydrogens (tertiary/aromatic N) is 1. The van der Waals surface area contributed by atoms with Crippen LogP contribution in [-0.2, 0) is 9.53 Å². The molecule has 32 heavy (non-hydrogen) atoms. The van der Waals surface area contributed by atoms with E-state index in [2.05, 4.69) is 0 Å². The van der Waals surface area contributed by atoms with Crippen LogP contribution in [0.3, 0.4) is 0 Å². The molecule has 0 spiro atoms. The van der Waals surface area contributed by atoms with Crippen LogP contribution in [0.15, 0.2) is 82.0 Å². The third-order valence-electron chi connectivity index (χ3n) is 5.98. The molecule has 7 heteroatoms. The topological polar surface area (TPSA) is 99.7 Å². The highest BCUT2D eigenvalue weighted by Crippen LogP contribution is 2.51. The smallest absolute Gasteiger partial charge is 0.344 e. The Kier molecular flexibility index (Phi) is 4.59. The molecule has 2 unspecified atom stereocenters. The summed E-state index contributed by atoms with van der Waals surface area (Å²) in [6, 6.07) is 20.4. The number of non-ortho nitro benzene ring substituents is 1. The number of methoxy groups -OCH3 is 1. The van der Waals surface area contributed by atoms with Gasteiger partial charge in [-0.1, -0.05) is 54.6 Å². The van der Waals surface area contributed by atoms with E-state index in [9.17, 15) is 19.7 Å². The molecule has 0 saturated carbocycles. The third kappa shape index (κ3) is 2.90. The van der Waals surface area contributed by atoms with Gasteiger partial charge in [0.05, 0.1) is 23.3 Å². The van der Waals surface area contributed by atoms with Gasteiger partial charge in [-0.05, 0) is 22.6 Å². The fourth-order valence-electron chi connectivity index (χ4n) is 4.60. The van der Waals surface area contributed by atoms with Gasteiger partial charge in [-0.3, -0.25) is 14.9 Å². The van der Waals surface area contributed by atoms with Gasteiger partial charge in [-0.2, -0.15) is 0 Å². The zero-order chi connectivity index (χ0) is 22.4. The summed E-state index contributed by atoms with van der Waals surface area (Å²) < 4.78 is 11.0. The number of hydrogen-bond acceptors (Lipinski definition) is 6. The van der Waals surface area contributed by atoms with Gasteiger partial charge in [0, 0.05) is 29.2 Å². The number of esters is 1. The van der Waals surface area contributed by atoms with Gasteiger partial charge in [0.1, 0.15) is 5.76 Å². The Bertz CT molecular complexity index is 1440. The van der Waals surface area contributed by atoms with E-state index in [1.165, 1.54) is 19.2 Å². The van der Waals surface area contributed by atoms with Crippen molar-refractivity contribution in [3.63, 3.8) is 0 Å². The fraction of sp³-hybridized carbons (Fsp3) is 0.120. The van der Waals surface area contributed by atoms with Crippen LogP contribution in [0.1, 0.15) is 28.5 Å². The van der Waals surface area contributed by atoms with Crippen LogP contribution in [0.4, 0.5) is 5.69 Å². The van der Waals surface area contributed by atoms with Gasteiger partial charge in [0.2, 0.25) is 0 Å². The molecule has 0 fully saturated rings. The lowest BCUT2D eigenvalue weighted by atomic mass is 9.69. The molecule has 1 heterocycles. The van der Waals surface area contributed by atoms with Crippen LogP contribution in [0.2, 0.25) is 0 Å². The van der Waals surface area contributed by atoms with E-state index in [1.807, 2.05) is 36.4 Å². The molecule has 0 N–H and O–H groups in total. The van der Waals surface area contributed by atoms with Crippen molar-refractivity contribution in [3.05, 3.63) is 110 Å². The minimum atomic E-state index is -0.721. The number of rotatable bonds is 3. The molecule has 4 aromatic rings. The monoisotopic (exact) mass is 427 g/mol. The number of nitro groups is 1. The molecule has 1 aliphatic rings. The van der Waals surface area contributed by atoms with Crippen molar-refractivity contribution in [2.45, 2.75) is 11.8 Å². The van der Waals surface area contributed by atoms with E-state index in [4.69, 9.17) is 9.15 Å². The highest BCUT2D eigenvalue weighted by atomic mass is 16.6. The largest absolute Gasteiger partial charge is 0.469 e. The summed E-state index contributed by atoms with van der Waals surface area (Å²) in [5.41, 5.74) is 2.17. The standard InChI is InChI=1S/C25H17NO6/c1-31-25(28)22-16-6-2-4-8-18(16)23-21(17-7-3-5-9-19(17)24(27)32-23)20(22)14-10-12-15(13-11-14)26(29)30/h2-13,20,22H,1H3. The number of fused-ring (bicyclic) bond motifs is 5. The lowest BCUT2D eigenvalue weighted by Crippen LogP contribution is -2.28. The van der Waals surface area contributed by atoms with E-state index in [-0.39, 0.29) is 5.69 Å². The van der Waals surface area contributed by atoms with Crippen molar-refractivity contribution in [2.24, 2.45) is 0 Å². The van der Waals surface area contributed by atoms with Crippen molar-refractivity contribution >= 4 is 22.4 Å². The van der Waals surface area contributed by atoms with Crippen molar-refractivity contribution in [1.82, 2.24) is 0 Å². The minimum absolute atomic E-state index is 0.0516. The first-order chi connectivity index (χ1) is 15.5. The number of carbonyl (C=O) groups excluding carboxylic acids is 1. The number of ether oxygens (including phenoxy) is 1. The summed E-state index contributed by atoms with van der Waals surface area (Å²) >= 11 is 0. The van der Waals surface area contributed by atoms with Gasteiger partial charge in [0.25, 0.3) is 5.69 Å². The molecular weight excluding hydrogens is 410 g/mol. The van der Waals surface area contributed by atoms with Crippen LogP contribution < -0.4 is 5.63 Å². The highest BCUT2D eigenvalue weighted by Gasteiger charge is 2.42. The van der Waals surface area contributed by atoms with Gasteiger partial charge in [0.15, 0.2) is 0 Å². The Morgan fingerprint density at radius 2 is 1.62 bits per heavy atom. The van der Waals surface area contributed by atoms with E-state index < -0.39 is 28.4 Å². The highest BCUT2D eigenvalue weighted by molar-refractivity contribution is 5.95. The second-order valence-electron chi connectivity index (χ2n) is 7.59. The van der Waals surface area contributed by atoms with Crippen LogP contribution in [0.25, 0.3) is 22.1 Å². The average Bonchev–Trinajstić information content (AvgIpc) is 2.83. The molecule has 1 aromatic heterocycles. The number of nitro benzene ring substituents is 1. The molecule has 7 nitrogen and oxygen atoms in total. The van der Waals surface area contributed by atoms with Gasteiger partial charge in [-0.15, -0.1) is 0 Å². The van der Waals surface area contributed by atoms with E-state index >= 15 is 0 Å². The Labute approximate surface area is 182 Å². The molecular formula is C25H17NO6. The lowest BCUT2D eigenvalue weighted by Gasteiger charge is -2.33. The van der Waals surface area contributed by atoms with E-state index in [0.29, 0.717) is 38.8 Å². The predicted octanol–water partition coefficient (Wildman–Crippen LogP) is 4.77. The van der Waals surface area contributed by atoms with Crippen LogP contribution in [0.5, 0.6) is 0 Å². The number of hydrogen-bond donors (Lipinski definition) is 0. The molecule has 5 rings (SSSR count). The first-order valence-corrected chi connectivity index (χ1v) is 9.98. The Morgan fingerprint density at radius 3 is 2.31 bits per heavy atom. The first kappa shape index (κ1) is 19.7. The summed E-state index contributed by atoms with van der Waals surface area (Å²) in [7, 11) is 1.33. The summed E-state index contributed by atoms with van der Waals surface area (Å²) in [5, 5.41) is 12.2. The van der Waals surface area contributed by atoms with Crippen LogP contribution in [-0.4, -0.2) is 18.0 Å². The summed E-state index contributed by atoms with van der Waals surface area (Å²) in [6.45, 7) is 0. The zero-order valence-electron chi connectivity index (χ0n) is 17.0. The maximum Gasteiger partial charge on any atom is 0.344 e.